The minimum Gasteiger partial charge on any atom is -0.380 e. The molecule has 5 heteroatoms. The molecule has 1 heterocycles. The van der Waals surface area contributed by atoms with Crippen LogP contribution in [0.15, 0.2) is 0 Å². The molecule has 2 rings (SSSR count). The zero-order chi connectivity index (χ0) is 13.7. The third-order valence-electron chi connectivity index (χ3n) is 4.13. The molecular weight excluding hydrogens is 244 g/mol. The summed E-state index contributed by atoms with van der Waals surface area (Å²) in [5, 5.41) is 2.75. The number of nitrogens with zero attached hydrogens (tertiary/aromatic N) is 1. The second-order valence-electron chi connectivity index (χ2n) is 5.43. The van der Waals surface area contributed by atoms with Crippen molar-refractivity contribution in [1.29, 1.82) is 0 Å². The van der Waals surface area contributed by atoms with Crippen molar-refractivity contribution in [3.8, 4) is 0 Å². The highest BCUT2D eigenvalue weighted by atomic mass is 16.5. The van der Waals surface area contributed by atoms with E-state index in [2.05, 4.69) is 12.2 Å². The van der Waals surface area contributed by atoms with E-state index in [9.17, 15) is 9.59 Å². The number of piperazine rings is 1. The summed E-state index contributed by atoms with van der Waals surface area (Å²) < 4.78 is 5.48. The average molecular weight is 268 g/mol. The minimum atomic E-state index is -0.594. The van der Waals surface area contributed by atoms with Crippen molar-refractivity contribution in [3.63, 3.8) is 0 Å². The molecule has 0 aromatic heterocycles. The van der Waals surface area contributed by atoms with Gasteiger partial charge >= 0.3 is 0 Å². The van der Waals surface area contributed by atoms with Crippen LogP contribution in [0.1, 0.15) is 45.4 Å². The summed E-state index contributed by atoms with van der Waals surface area (Å²) in [6, 6.07) is 0. The van der Waals surface area contributed by atoms with Crippen LogP contribution < -0.4 is 5.32 Å². The van der Waals surface area contributed by atoms with Crippen LogP contribution in [0.5, 0.6) is 0 Å². The van der Waals surface area contributed by atoms with Crippen molar-refractivity contribution in [2.45, 2.75) is 51.0 Å². The van der Waals surface area contributed by atoms with Gasteiger partial charge in [0, 0.05) is 13.2 Å². The highest BCUT2D eigenvalue weighted by Gasteiger charge is 2.49. The molecule has 1 saturated heterocycles. The number of carbonyl (C=O) groups is 2. The lowest BCUT2D eigenvalue weighted by Gasteiger charge is -2.47. The Morgan fingerprint density at radius 3 is 2.63 bits per heavy atom. The number of amides is 2. The van der Waals surface area contributed by atoms with E-state index in [1.165, 1.54) is 0 Å². The van der Waals surface area contributed by atoms with E-state index < -0.39 is 5.54 Å². The van der Waals surface area contributed by atoms with Gasteiger partial charge in [-0.15, -0.1) is 0 Å². The highest BCUT2D eigenvalue weighted by molar-refractivity contribution is 5.98. The van der Waals surface area contributed by atoms with Gasteiger partial charge in [-0.3, -0.25) is 9.59 Å². The molecule has 2 amide bonds. The topological polar surface area (TPSA) is 58.6 Å². The van der Waals surface area contributed by atoms with Gasteiger partial charge in [0.15, 0.2) is 0 Å². The van der Waals surface area contributed by atoms with Crippen molar-refractivity contribution in [2.75, 3.05) is 26.3 Å². The van der Waals surface area contributed by atoms with Crippen molar-refractivity contribution < 1.29 is 14.3 Å². The Balaban J connectivity index is 2.05. The van der Waals surface area contributed by atoms with Crippen LogP contribution in [0.3, 0.4) is 0 Å². The van der Waals surface area contributed by atoms with E-state index in [1.807, 2.05) is 0 Å². The zero-order valence-electron chi connectivity index (χ0n) is 11.7. The third-order valence-corrected chi connectivity index (χ3v) is 4.13. The number of nitrogens with one attached hydrogen (secondary N) is 1. The van der Waals surface area contributed by atoms with Crippen molar-refractivity contribution in [1.82, 2.24) is 10.2 Å². The van der Waals surface area contributed by atoms with Gasteiger partial charge in [0.05, 0.1) is 13.2 Å². The maximum atomic E-state index is 12.3. The first-order valence-electron chi connectivity index (χ1n) is 7.37. The molecular formula is C14H24N2O3. The number of ether oxygens (including phenoxy) is 1. The molecule has 0 unspecified atom stereocenters. The van der Waals surface area contributed by atoms with Crippen LogP contribution in [0, 0.1) is 0 Å². The normalized spacial score (nSPS) is 22.7. The molecule has 1 aliphatic carbocycles. The van der Waals surface area contributed by atoms with Gasteiger partial charge in [-0.05, 0) is 19.3 Å². The summed E-state index contributed by atoms with van der Waals surface area (Å²) in [7, 11) is 0. The van der Waals surface area contributed by atoms with Crippen LogP contribution in [0.25, 0.3) is 0 Å². The smallest absolute Gasteiger partial charge is 0.246 e. The first-order chi connectivity index (χ1) is 9.20. The van der Waals surface area contributed by atoms with Gasteiger partial charge in [-0.2, -0.15) is 0 Å². The highest BCUT2D eigenvalue weighted by Crippen LogP contribution is 2.35. The Bertz CT molecular complexity index is 338. The third kappa shape index (κ3) is 2.91. The SMILES string of the molecule is CCCOCCN1C(=O)CNC(=O)C12CCCCC2. The van der Waals surface area contributed by atoms with Crippen molar-refractivity contribution in [2.24, 2.45) is 0 Å². The van der Waals surface area contributed by atoms with Crippen molar-refractivity contribution in [3.05, 3.63) is 0 Å². The molecule has 0 bridgehead atoms. The number of hydrogen-bond acceptors (Lipinski definition) is 3. The minimum absolute atomic E-state index is 0.0293. The van der Waals surface area contributed by atoms with Gasteiger partial charge in [0.25, 0.3) is 0 Å². The van der Waals surface area contributed by atoms with Gasteiger partial charge < -0.3 is 15.0 Å². The van der Waals surface area contributed by atoms with Crippen LogP contribution in [-0.2, 0) is 14.3 Å². The average Bonchev–Trinajstić information content (AvgIpc) is 2.44. The summed E-state index contributed by atoms with van der Waals surface area (Å²) >= 11 is 0. The first-order valence-corrected chi connectivity index (χ1v) is 7.37. The molecule has 5 nitrogen and oxygen atoms in total. The molecule has 1 N–H and O–H groups in total. The maximum absolute atomic E-state index is 12.3. The van der Waals surface area contributed by atoms with Crippen molar-refractivity contribution >= 4 is 11.8 Å². The lowest BCUT2D eigenvalue weighted by atomic mass is 9.78. The Kier molecular flexibility index (Phi) is 4.80. The van der Waals surface area contributed by atoms with Crippen LogP contribution >= 0.6 is 0 Å². The fraction of sp³-hybridized carbons (Fsp3) is 0.857. The predicted molar refractivity (Wildman–Crippen MR) is 71.6 cm³/mol. The Morgan fingerprint density at radius 2 is 1.95 bits per heavy atom. The molecule has 0 atom stereocenters. The Labute approximate surface area is 114 Å². The molecule has 108 valence electrons. The fourth-order valence-corrected chi connectivity index (χ4v) is 3.15. The van der Waals surface area contributed by atoms with E-state index >= 15 is 0 Å². The van der Waals surface area contributed by atoms with Crippen LogP contribution in [0.2, 0.25) is 0 Å². The Morgan fingerprint density at radius 1 is 1.21 bits per heavy atom. The number of hydrogen-bond donors (Lipinski definition) is 1. The summed E-state index contributed by atoms with van der Waals surface area (Å²) in [5.74, 6) is 0.0592. The van der Waals surface area contributed by atoms with E-state index in [0.29, 0.717) is 19.8 Å². The monoisotopic (exact) mass is 268 g/mol. The van der Waals surface area contributed by atoms with E-state index in [4.69, 9.17) is 4.74 Å². The van der Waals surface area contributed by atoms with E-state index in [0.717, 1.165) is 38.5 Å². The Hall–Kier alpha value is -1.10. The number of carbonyl (C=O) groups excluding carboxylic acids is 2. The lowest BCUT2D eigenvalue weighted by Crippen LogP contribution is -2.68. The standard InChI is InChI=1S/C14H24N2O3/c1-2-9-19-10-8-16-12(17)11-15-13(18)14(16)6-4-3-5-7-14/h2-11H2,1H3,(H,15,18). The molecule has 1 saturated carbocycles. The molecule has 19 heavy (non-hydrogen) atoms. The van der Waals surface area contributed by atoms with Gasteiger partial charge in [0.2, 0.25) is 11.8 Å². The molecule has 1 aliphatic heterocycles. The first kappa shape index (κ1) is 14.3. The van der Waals surface area contributed by atoms with Crippen LogP contribution in [-0.4, -0.2) is 48.6 Å². The fourth-order valence-electron chi connectivity index (χ4n) is 3.15. The summed E-state index contributed by atoms with van der Waals surface area (Å²) in [5.41, 5.74) is -0.594. The van der Waals surface area contributed by atoms with Gasteiger partial charge in [-0.25, -0.2) is 0 Å². The predicted octanol–water partition coefficient (Wildman–Crippen LogP) is 1.07. The molecule has 0 aromatic rings. The quantitative estimate of drug-likeness (QED) is 0.759. The van der Waals surface area contributed by atoms with Gasteiger partial charge in [0.1, 0.15) is 5.54 Å². The molecule has 2 fully saturated rings. The largest absolute Gasteiger partial charge is 0.380 e. The lowest BCUT2D eigenvalue weighted by molar-refractivity contribution is -0.157. The summed E-state index contributed by atoms with van der Waals surface area (Å²) in [4.78, 5) is 26.2. The van der Waals surface area contributed by atoms with Gasteiger partial charge in [-0.1, -0.05) is 26.2 Å². The molecule has 2 aliphatic rings. The second-order valence-corrected chi connectivity index (χ2v) is 5.43. The summed E-state index contributed by atoms with van der Waals surface area (Å²) in [6.07, 6.45) is 5.75. The second kappa shape index (κ2) is 6.37. The number of rotatable bonds is 5. The molecule has 0 radical (unpaired) electrons. The van der Waals surface area contributed by atoms with Crippen LogP contribution in [0.4, 0.5) is 0 Å². The maximum Gasteiger partial charge on any atom is 0.246 e. The zero-order valence-corrected chi connectivity index (χ0v) is 11.7. The molecule has 0 aromatic carbocycles. The van der Waals surface area contributed by atoms with E-state index in [1.54, 1.807) is 4.90 Å². The molecule has 1 spiro atoms. The van der Waals surface area contributed by atoms with E-state index in [-0.39, 0.29) is 18.4 Å². The summed E-state index contributed by atoms with van der Waals surface area (Å²) in [6.45, 7) is 3.96.